The smallest absolute Gasteiger partial charge is 0.550 e. The van der Waals surface area contributed by atoms with Crippen LogP contribution in [0, 0.1) is 0 Å². The normalized spacial score (nSPS) is 11.1. The molecule has 1 aromatic carbocycles. The number of aliphatic carboxylic acids is 1. The Kier molecular flexibility index (Phi) is 14.9. The first-order valence-electron chi connectivity index (χ1n) is 8.96. The van der Waals surface area contributed by atoms with Crippen LogP contribution in [-0.4, -0.2) is 31.2 Å². The number of ether oxygens (including phenoxy) is 2. The van der Waals surface area contributed by atoms with Gasteiger partial charge < -0.3 is 24.7 Å². The van der Waals surface area contributed by atoms with Crippen molar-refractivity contribution in [3.8, 4) is 0 Å². The maximum atomic E-state index is 12.0. The Labute approximate surface area is 192 Å². The minimum Gasteiger partial charge on any atom is -0.550 e. The summed E-state index contributed by atoms with van der Waals surface area (Å²) in [6.45, 7) is 2.37. The number of amides is 1. The van der Waals surface area contributed by atoms with Crippen LogP contribution in [0.5, 0.6) is 0 Å². The molecule has 0 fully saturated rings. The number of nitrogens with one attached hydrogen (secondary N) is 1. The molecule has 0 saturated heterocycles. The van der Waals surface area contributed by atoms with Gasteiger partial charge in [-0.3, -0.25) is 4.79 Å². The topological polar surface area (TPSA) is 105 Å². The van der Waals surface area contributed by atoms with Crippen LogP contribution in [-0.2, 0) is 19.1 Å². The number of benzene rings is 1. The predicted molar refractivity (Wildman–Crippen MR) is 98.0 cm³/mol. The van der Waals surface area contributed by atoms with Gasteiger partial charge in [-0.1, -0.05) is 30.7 Å². The number of alkyl carbamates (subject to hydrolysis) is 1. The Hall–Kier alpha value is -1.28. The first-order valence-corrected chi connectivity index (χ1v) is 9.34. The summed E-state index contributed by atoms with van der Waals surface area (Å²) in [6, 6.07) is 6.23. The summed E-state index contributed by atoms with van der Waals surface area (Å²) in [5, 5.41) is 13.9. The summed E-state index contributed by atoms with van der Waals surface area (Å²) in [5.74, 6) is -1.42. The Bertz CT molecular complexity index is 611. The first kappa shape index (κ1) is 26.7. The molecule has 0 saturated carbocycles. The van der Waals surface area contributed by atoms with E-state index in [0.717, 1.165) is 12.0 Å². The van der Waals surface area contributed by atoms with Gasteiger partial charge >= 0.3 is 41.6 Å². The van der Waals surface area contributed by atoms with E-state index in [0.29, 0.717) is 30.9 Å². The van der Waals surface area contributed by atoms with Crippen LogP contribution in [0.25, 0.3) is 0 Å². The fraction of sp³-hybridized carbons (Fsp3) is 0.526. The second kappa shape index (κ2) is 15.6. The molecule has 1 amide bonds. The van der Waals surface area contributed by atoms with Gasteiger partial charge in [-0.25, -0.2) is 4.79 Å². The summed E-state index contributed by atoms with van der Waals surface area (Å²) >= 11 is 5.85. The fourth-order valence-corrected chi connectivity index (χ4v) is 2.42. The van der Waals surface area contributed by atoms with Crippen LogP contribution in [0.1, 0.15) is 57.1 Å². The molecule has 1 unspecified atom stereocenters. The molecule has 0 aliphatic heterocycles. The number of hydrogen-bond acceptors (Lipinski definition) is 6. The molecule has 1 atom stereocenters. The number of esters is 1. The maximum absolute atomic E-state index is 12.0. The molecule has 1 aromatic rings. The first-order chi connectivity index (χ1) is 12.9. The molecule has 1 rings (SSSR count). The van der Waals surface area contributed by atoms with Gasteiger partial charge in [0.05, 0.1) is 19.3 Å². The van der Waals surface area contributed by atoms with E-state index in [9.17, 15) is 19.5 Å². The molecular formula is C19H25ClNNaO6. The molecule has 0 heterocycles. The van der Waals surface area contributed by atoms with Gasteiger partial charge in [0.2, 0.25) is 0 Å². The second-order valence-electron chi connectivity index (χ2n) is 5.97. The summed E-state index contributed by atoms with van der Waals surface area (Å²) in [4.78, 5) is 33.9. The van der Waals surface area contributed by atoms with Crippen molar-refractivity contribution in [1.29, 1.82) is 0 Å². The molecule has 0 aliphatic rings. The van der Waals surface area contributed by atoms with Crippen molar-refractivity contribution in [2.75, 3.05) is 13.2 Å². The van der Waals surface area contributed by atoms with Crippen molar-refractivity contribution in [3.05, 3.63) is 34.9 Å². The molecule has 0 bridgehead atoms. The number of hydrogen-bond donors (Lipinski definition) is 1. The standard InChI is InChI=1S/C19H26ClNO6.Na/c1-2-5-18(24)26-12-3-4-13-27-19(25)21-16(10-11-17(22)23)14-6-8-15(20)9-7-14;/h6-9,16H,2-5,10-13H2,1H3,(H,21,25)(H,22,23);/q;+1/p-1. The van der Waals surface area contributed by atoms with Crippen molar-refractivity contribution in [2.24, 2.45) is 0 Å². The van der Waals surface area contributed by atoms with Crippen molar-refractivity contribution in [3.63, 3.8) is 0 Å². The Morgan fingerprint density at radius 3 is 2.25 bits per heavy atom. The molecule has 7 nitrogen and oxygen atoms in total. The number of carboxylic acids is 1. The number of carboxylic acid groups (broad SMARTS) is 1. The van der Waals surface area contributed by atoms with E-state index in [1.54, 1.807) is 24.3 Å². The predicted octanol–water partition coefficient (Wildman–Crippen LogP) is -0.235. The monoisotopic (exact) mass is 421 g/mol. The molecule has 0 aromatic heterocycles. The van der Waals surface area contributed by atoms with E-state index < -0.39 is 18.1 Å². The zero-order chi connectivity index (χ0) is 20.1. The summed E-state index contributed by atoms with van der Waals surface area (Å²) in [5.41, 5.74) is 0.723. The quantitative estimate of drug-likeness (QED) is 0.284. The number of rotatable bonds is 12. The van der Waals surface area contributed by atoms with E-state index in [4.69, 9.17) is 21.1 Å². The maximum Gasteiger partial charge on any atom is 1.00 e. The molecule has 1 N–H and O–H groups in total. The van der Waals surface area contributed by atoms with Crippen molar-refractivity contribution in [1.82, 2.24) is 5.32 Å². The Morgan fingerprint density at radius 2 is 1.68 bits per heavy atom. The fourth-order valence-electron chi connectivity index (χ4n) is 2.29. The summed E-state index contributed by atoms with van der Waals surface area (Å²) < 4.78 is 10.1. The van der Waals surface area contributed by atoms with E-state index in [-0.39, 0.29) is 55.0 Å². The average molecular weight is 422 g/mol. The van der Waals surface area contributed by atoms with Gasteiger partial charge in [0.15, 0.2) is 0 Å². The van der Waals surface area contributed by atoms with Crippen LogP contribution in [0.3, 0.4) is 0 Å². The van der Waals surface area contributed by atoms with E-state index in [2.05, 4.69) is 5.32 Å². The minimum atomic E-state index is -1.19. The molecule has 9 heteroatoms. The molecule has 0 spiro atoms. The average Bonchev–Trinajstić information content (AvgIpc) is 2.62. The molecule has 150 valence electrons. The van der Waals surface area contributed by atoms with Gasteiger partial charge in [-0.05, 0) is 49.8 Å². The van der Waals surface area contributed by atoms with Crippen molar-refractivity contribution in [2.45, 2.75) is 51.5 Å². The Balaban J connectivity index is 0.00000729. The number of carbonyl (C=O) groups is 3. The van der Waals surface area contributed by atoms with E-state index in [1.165, 1.54) is 0 Å². The zero-order valence-corrected chi connectivity index (χ0v) is 19.1. The number of halogens is 1. The van der Waals surface area contributed by atoms with Gasteiger partial charge in [-0.2, -0.15) is 0 Å². The summed E-state index contributed by atoms with van der Waals surface area (Å²) in [6.07, 6.45) is 1.62. The number of carbonyl (C=O) groups excluding carboxylic acids is 3. The molecule has 28 heavy (non-hydrogen) atoms. The van der Waals surface area contributed by atoms with Gasteiger partial charge in [0.25, 0.3) is 0 Å². The SMILES string of the molecule is CCCC(=O)OCCCCOC(=O)NC(CCC(=O)[O-])c1ccc(Cl)cc1.[Na+]. The summed E-state index contributed by atoms with van der Waals surface area (Å²) in [7, 11) is 0. The zero-order valence-electron chi connectivity index (χ0n) is 16.4. The third kappa shape index (κ3) is 12.2. The van der Waals surface area contributed by atoms with Crippen LogP contribution in [0.4, 0.5) is 4.79 Å². The van der Waals surface area contributed by atoms with Crippen LogP contribution in [0.15, 0.2) is 24.3 Å². The van der Waals surface area contributed by atoms with E-state index in [1.807, 2.05) is 6.92 Å². The minimum absolute atomic E-state index is 0. The van der Waals surface area contributed by atoms with Crippen molar-refractivity contribution < 1.29 is 58.5 Å². The number of unbranched alkanes of at least 4 members (excludes halogenated alkanes) is 1. The largest absolute Gasteiger partial charge is 1.00 e. The van der Waals surface area contributed by atoms with Crippen LogP contribution >= 0.6 is 11.6 Å². The van der Waals surface area contributed by atoms with Gasteiger partial charge in [0, 0.05) is 17.4 Å². The molecular weight excluding hydrogens is 397 g/mol. The third-order valence-electron chi connectivity index (χ3n) is 3.69. The Morgan fingerprint density at radius 1 is 1.07 bits per heavy atom. The third-order valence-corrected chi connectivity index (χ3v) is 3.94. The van der Waals surface area contributed by atoms with Gasteiger partial charge in [0.1, 0.15) is 0 Å². The van der Waals surface area contributed by atoms with Crippen LogP contribution in [0.2, 0.25) is 5.02 Å². The van der Waals surface area contributed by atoms with E-state index >= 15 is 0 Å². The second-order valence-corrected chi connectivity index (χ2v) is 6.41. The molecule has 0 radical (unpaired) electrons. The van der Waals surface area contributed by atoms with Gasteiger partial charge in [-0.15, -0.1) is 0 Å². The molecule has 0 aliphatic carbocycles. The van der Waals surface area contributed by atoms with Crippen LogP contribution < -0.4 is 40.0 Å². The van der Waals surface area contributed by atoms with Crippen molar-refractivity contribution >= 4 is 29.6 Å².